The van der Waals surface area contributed by atoms with Crippen molar-refractivity contribution in [1.82, 2.24) is 9.80 Å². The number of rotatable bonds is 6. The van der Waals surface area contributed by atoms with Crippen LogP contribution in [0.15, 0.2) is 54.2 Å². The van der Waals surface area contributed by atoms with E-state index in [-0.39, 0.29) is 11.8 Å². The molecular formula is C25H30N4O3. The van der Waals surface area contributed by atoms with Crippen LogP contribution in [0.4, 0.5) is 11.4 Å². The lowest BCUT2D eigenvalue weighted by molar-refractivity contribution is -0.120. The molecule has 2 aromatic carbocycles. The molecule has 0 radical (unpaired) electrons. The minimum absolute atomic E-state index is 0.262. The Labute approximate surface area is 189 Å². The second-order valence-corrected chi connectivity index (χ2v) is 8.23. The number of likely N-dealkylation sites (N-methyl/N-ethyl adjacent to an activating group) is 1. The number of imide groups is 1. The van der Waals surface area contributed by atoms with Crippen LogP contribution >= 0.6 is 0 Å². The van der Waals surface area contributed by atoms with Crippen molar-refractivity contribution in [2.24, 2.45) is 0 Å². The second-order valence-electron chi connectivity index (χ2n) is 8.23. The van der Waals surface area contributed by atoms with Gasteiger partial charge in [0.15, 0.2) is 0 Å². The van der Waals surface area contributed by atoms with Crippen LogP contribution in [0.25, 0.3) is 5.57 Å². The summed E-state index contributed by atoms with van der Waals surface area (Å²) in [7, 11) is 5.48. The van der Waals surface area contributed by atoms with Crippen LogP contribution in [0.2, 0.25) is 0 Å². The zero-order valence-corrected chi connectivity index (χ0v) is 19.2. The first-order valence-electron chi connectivity index (χ1n) is 11.0. The summed E-state index contributed by atoms with van der Waals surface area (Å²) in [5.74, 6) is 0.158. The van der Waals surface area contributed by atoms with Crippen molar-refractivity contribution in [3.63, 3.8) is 0 Å². The Morgan fingerprint density at radius 3 is 2.22 bits per heavy atom. The SMILES string of the molecule is CCN1CCN(C2=C(c3ccc(OC)cc3)C(=O)N(c3cccc(N(C)C)c3)C2=O)CC1. The fourth-order valence-electron chi connectivity index (χ4n) is 4.26. The van der Waals surface area contributed by atoms with Gasteiger partial charge in [0, 0.05) is 46.0 Å². The second kappa shape index (κ2) is 9.04. The van der Waals surface area contributed by atoms with E-state index in [1.807, 2.05) is 67.5 Å². The van der Waals surface area contributed by atoms with Gasteiger partial charge in [-0.05, 0) is 42.4 Å². The van der Waals surface area contributed by atoms with Crippen LogP contribution in [-0.4, -0.2) is 75.5 Å². The highest BCUT2D eigenvalue weighted by molar-refractivity contribution is 6.45. The summed E-state index contributed by atoms with van der Waals surface area (Å²) in [4.78, 5) is 35.1. The molecule has 4 rings (SSSR count). The monoisotopic (exact) mass is 434 g/mol. The maximum absolute atomic E-state index is 13.7. The predicted molar refractivity (Wildman–Crippen MR) is 127 cm³/mol. The largest absolute Gasteiger partial charge is 0.497 e. The fourth-order valence-corrected chi connectivity index (χ4v) is 4.26. The molecule has 2 amide bonds. The summed E-state index contributed by atoms with van der Waals surface area (Å²) in [5, 5.41) is 0. The van der Waals surface area contributed by atoms with E-state index in [2.05, 4.69) is 16.7 Å². The molecule has 2 heterocycles. The molecule has 2 aliphatic rings. The van der Waals surface area contributed by atoms with Crippen molar-refractivity contribution in [3.05, 3.63) is 59.8 Å². The van der Waals surface area contributed by atoms with Crippen molar-refractivity contribution in [3.8, 4) is 5.75 Å². The topological polar surface area (TPSA) is 56.3 Å². The summed E-state index contributed by atoms with van der Waals surface area (Å²) in [6.45, 7) is 6.29. The Balaban J connectivity index is 1.77. The van der Waals surface area contributed by atoms with Crippen LogP contribution in [0, 0.1) is 0 Å². The average molecular weight is 435 g/mol. The van der Waals surface area contributed by atoms with Crippen molar-refractivity contribution in [2.75, 3.05) is 63.7 Å². The molecule has 0 unspecified atom stereocenters. The number of amides is 2. The lowest BCUT2D eigenvalue weighted by Gasteiger charge is -2.36. The summed E-state index contributed by atoms with van der Waals surface area (Å²) in [6, 6.07) is 14.9. The molecule has 2 aromatic rings. The molecule has 0 spiro atoms. The highest BCUT2D eigenvalue weighted by atomic mass is 16.5. The number of carbonyl (C=O) groups excluding carboxylic acids is 2. The smallest absolute Gasteiger partial charge is 0.282 e. The van der Waals surface area contributed by atoms with E-state index in [0.717, 1.165) is 30.9 Å². The number of methoxy groups -OCH3 is 1. The van der Waals surface area contributed by atoms with E-state index in [1.165, 1.54) is 4.90 Å². The molecule has 7 nitrogen and oxygen atoms in total. The number of ether oxygens (including phenoxy) is 1. The molecule has 32 heavy (non-hydrogen) atoms. The van der Waals surface area contributed by atoms with Crippen molar-refractivity contribution in [1.29, 1.82) is 0 Å². The van der Waals surface area contributed by atoms with Crippen LogP contribution in [0.5, 0.6) is 5.75 Å². The number of carbonyl (C=O) groups is 2. The summed E-state index contributed by atoms with van der Waals surface area (Å²) >= 11 is 0. The van der Waals surface area contributed by atoms with E-state index in [1.54, 1.807) is 7.11 Å². The first kappa shape index (κ1) is 21.9. The average Bonchev–Trinajstić information content (AvgIpc) is 3.09. The molecule has 0 atom stereocenters. The molecule has 0 aromatic heterocycles. The van der Waals surface area contributed by atoms with Gasteiger partial charge in [-0.3, -0.25) is 9.59 Å². The van der Waals surface area contributed by atoms with E-state index in [9.17, 15) is 9.59 Å². The van der Waals surface area contributed by atoms with E-state index < -0.39 is 0 Å². The summed E-state index contributed by atoms with van der Waals surface area (Å²) in [6.07, 6.45) is 0. The molecule has 168 valence electrons. The molecule has 1 saturated heterocycles. The van der Waals surface area contributed by atoms with E-state index in [4.69, 9.17) is 4.74 Å². The van der Waals surface area contributed by atoms with Crippen molar-refractivity contribution >= 4 is 28.8 Å². The van der Waals surface area contributed by atoms with Gasteiger partial charge >= 0.3 is 0 Å². The Morgan fingerprint density at radius 2 is 1.62 bits per heavy atom. The van der Waals surface area contributed by atoms with Crippen LogP contribution in [0.1, 0.15) is 12.5 Å². The maximum Gasteiger partial charge on any atom is 0.282 e. The zero-order valence-electron chi connectivity index (χ0n) is 19.2. The molecule has 0 N–H and O–H groups in total. The minimum atomic E-state index is -0.288. The lowest BCUT2D eigenvalue weighted by Crippen LogP contribution is -2.47. The van der Waals surface area contributed by atoms with Gasteiger partial charge in [0.05, 0.1) is 18.4 Å². The van der Waals surface area contributed by atoms with Crippen LogP contribution in [0.3, 0.4) is 0 Å². The van der Waals surface area contributed by atoms with Crippen molar-refractivity contribution < 1.29 is 14.3 Å². The third-order valence-electron chi connectivity index (χ3n) is 6.18. The Bertz CT molecular complexity index is 1040. The van der Waals surface area contributed by atoms with Gasteiger partial charge in [-0.15, -0.1) is 0 Å². The van der Waals surface area contributed by atoms with Gasteiger partial charge in [0.25, 0.3) is 11.8 Å². The number of piperazine rings is 1. The standard InChI is InChI=1S/C25H30N4O3/c1-5-27-13-15-28(16-14-27)23-22(18-9-11-21(32-4)12-10-18)24(30)29(25(23)31)20-8-6-7-19(17-20)26(2)3/h6-12,17H,5,13-16H2,1-4H3. The lowest BCUT2D eigenvalue weighted by atomic mass is 10.0. The Morgan fingerprint density at radius 1 is 0.938 bits per heavy atom. The first-order valence-corrected chi connectivity index (χ1v) is 11.0. The first-order chi connectivity index (χ1) is 15.4. The normalized spacial score (nSPS) is 17.4. The zero-order chi connectivity index (χ0) is 22.8. The number of benzene rings is 2. The molecule has 0 aliphatic carbocycles. The van der Waals surface area contributed by atoms with Gasteiger partial charge in [0.2, 0.25) is 0 Å². The molecular weight excluding hydrogens is 404 g/mol. The Kier molecular flexibility index (Phi) is 6.19. The number of anilines is 2. The fraction of sp³-hybridized carbons (Fsp3) is 0.360. The van der Waals surface area contributed by atoms with Gasteiger partial charge in [-0.1, -0.05) is 25.1 Å². The molecule has 0 saturated carbocycles. The van der Waals surface area contributed by atoms with E-state index >= 15 is 0 Å². The molecule has 7 heteroatoms. The van der Waals surface area contributed by atoms with Crippen LogP contribution in [-0.2, 0) is 9.59 Å². The van der Waals surface area contributed by atoms with Gasteiger partial charge in [0.1, 0.15) is 11.4 Å². The van der Waals surface area contributed by atoms with Gasteiger partial charge in [-0.25, -0.2) is 4.90 Å². The maximum atomic E-state index is 13.7. The predicted octanol–water partition coefficient (Wildman–Crippen LogP) is 2.68. The molecule has 0 bridgehead atoms. The van der Waals surface area contributed by atoms with E-state index in [0.29, 0.717) is 35.8 Å². The highest BCUT2D eigenvalue weighted by Crippen LogP contribution is 2.36. The van der Waals surface area contributed by atoms with Crippen LogP contribution < -0.4 is 14.5 Å². The van der Waals surface area contributed by atoms with Crippen molar-refractivity contribution in [2.45, 2.75) is 6.92 Å². The quantitative estimate of drug-likeness (QED) is 0.652. The number of hydrogen-bond donors (Lipinski definition) is 0. The summed E-state index contributed by atoms with van der Waals surface area (Å²) < 4.78 is 5.27. The Hall–Kier alpha value is -3.32. The number of nitrogens with zero attached hydrogens (tertiary/aromatic N) is 4. The third-order valence-corrected chi connectivity index (χ3v) is 6.18. The number of hydrogen-bond acceptors (Lipinski definition) is 6. The highest BCUT2D eigenvalue weighted by Gasteiger charge is 2.43. The van der Waals surface area contributed by atoms with Gasteiger partial charge in [-0.2, -0.15) is 0 Å². The minimum Gasteiger partial charge on any atom is -0.497 e. The summed E-state index contributed by atoms with van der Waals surface area (Å²) in [5.41, 5.74) is 3.19. The molecule has 1 fully saturated rings. The molecule has 2 aliphatic heterocycles. The third kappa shape index (κ3) is 3.96. The van der Waals surface area contributed by atoms with Gasteiger partial charge < -0.3 is 19.4 Å².